The number of carboxylic acid groups (broad SMARTS) is 1. The van der Waals surface area contributed by atoms with Crippen LogP contribution in [0.15, 0.2) is 6.07 Å². The molecule has 0 aliphatic carbocycles. The SMILES string of the molecule is CC(C)Cc1cc(CC(=O)O)[nH]n1. The molecule has 2 N–H and O–H groups in total. The van der Waals surface area contributed by atoms with E-state index in [1.165, 1.54) is 0 Å². The Bertz CT molecular complexity index is 292. The number of aromatic amines is 1. The average Bonchev–Trinajstić information content (AvgIpc) is 2.33. The zero-order chi connectivity index (χ0) is 9.84. The van der Waals surface area contributed by atoms with E-state index in [1.807, 2.05) is 6.07 Å². The molecular weight excluding hydrogens is 168 g/mol. The summed E-state index contributed by atoms with van der Waals surface area (Å²) in [6.45, 7) is 4.21. The topological polar surface area (TPSA) is 66.0 Å². The molecule has 1 aromatic rings. The van der Waals surface area contributed by atoms with Gasteiger partial charge in [0, 0.05) is 5.69 Å². The molecule has 1 heterocycles. The number of aliphatic carboxylic acids is 1. The molecule has 0 fully saturated rings. The van der Waals surface area contributed by atoms with E-state index < -0.39 is 5.97 Å². The minimum Gasteiger partial charge on any atom is -0.481 e. The number of H-pyrrole nitrogens is 1. The van der Waals surface area contributed by atoms with Crippen LogP contribution in [-0.2, 0) is 17.6 Å². The molecule has 0 aromatic carbocycles. The first-order valence-corrected chi connectivity index (χ1v) is 4.33. The molecule has 4 heteroatoms. The number of rotatable bonds is 4. The molecular formula is C9H14N2O2. The lowest BCUT2D eigenvalue weighted by Crippen LogP contribution is -1.99. The van der Waals surface area contributed by atoms with Crippen LogP contribution in [0.1, 0.15) is 25.2 Å². The van der Waals surface area contributed by atoms with Crippen molar-refractivity contribution in [3.63, 3.8) is 0 Å². The molecule has 0 saturated carbocycles. The van der Waals surface area contributed by atoms with Crippen molar-refractivity contribution in [3.8, 4) is 0 Å². The highest BCUT2D eigenvalue weighted by atomic mass is 16.4. The van der Waals surface area contributed by atoms with Crippen molar-refractivity contribution < 1.29 is 9.90 Å². The molecule has 13 heavy (non-hydrogen) atoms. The fraction of sp³-hybridized carbons (Fsp3) is 0.556. The average molecular weight is 182 g/mol. The standard InChI is InChI=1S/C9H14N2O2/c1-6(2)3-7-4-8(11-10-7)5-9(12)13/h4,6H,3,5H2,1-2H3,(H,10,11)(H,12,13). The van der Waals surface area contributed by atoms with E-state index in [0.29, 0.717) is 11.6 Å². The molecule has 0 unspecified atom stereocenters. The Balaban J connectivity index is 2.58. The summed E-state index contributed by atoms with van der Waals surface area (Å²) < 4.78 is 0. The van der Waals surface area contributed by atoms with E-state index in [1.54, 1.807) is 0 Å². The maximum absolute atomic E-state index is 10.4. The molecule has 0 bridgehead atoms. The van der Waals surface area contributed by atoms with Gasteiger partial charge in [-0.2, -0.15) is 5.10 Å². The molecule has 0 amide bonds. The second-order valence-electron chi connectivity index (χ2n) is 3.55. The highest BCUT2D eigenvalue weighted by Gasteiger charge is 2.06. The summed E-state index contributed by atoms with van der Waals surface area (Å²) in [6, 6.07) is 1.81. The van der Waals surface area contributed by atoms with Crippen molar-refractivity contribution in [1.82, 2.24) is 10.2 Å². The van der Waals surface area contributed by atoms with Gasteiger partial charge >= 0.3 is 5.97 Å². The second-order valence-corrected chi connectivity index (χ2v) is 3.55. The summed E-state index contributed by atoms with van der Waals surface area (Å²) in [5, 5.41) is 15.2. The van der Waals surface area contributed by atoms with Gasteiger partial charge in [0.2, 0.25) is 0 Å². The third-order valence-electron chi connectivity index (χ3n) is 1.64. The largest absolute Gasteiger partial charge is 0.481 e. The summed E-state index contributed by atoms with van der Waals surface area (Å²) >= 11 is 0. The third-order valence-corrected chi connectivity index (χ3v) is 1.64. The van der Waals surface area contributed by atoms with Crippen LogP contribution in [0.25, 0.3) is 0 Å². The number of aromatic nitrogens is 2. The monoisotopic (exact) mass is 182 g/mol. The van der Waals surface area contributed by atoms with Crippen molar-refractivity contribution in [3.05, 3.63) is 17.5 Å². The highest BCUT2D eigenvalue weighted by molar-refractivity contribution is 5.69. The second kappa shape index (κ2) is 4.07. The highest BCUT2D eigenvalue weighted by Crippen LogP contribution is 2.06. The Labute approximate surface area is 77.0 Å². The lowest BCUT2D eigenvalue weighted by Gasteiger charge is -1.97. The zero-order valence-electron chi connectivity index (χ0n) is 7.87. The molecule has 0 aliphatic heterocycles. The van der Waals surface area contributed by atoms with E-state index in [2.05, 4.69) is 24.0 Å². The van der Waals surface area contributed by atoms with Crippen molar-refractivity contribution in [2.24, 2.45) is 5.92 Å². The van der Waals surface area contributed by atoms with Gasteiger partial charge in [0.05, 0.1) is 12.1 Å². The van der Waals surface area contributed by atoms with Gasteiger partial charge in [0.25, 0.3) is 0 Å². The maximum atomic E-state index is 10.4. The number of nitrogens with zero attached hydrogens (tertiary/aromatic N) is 1. The van der Waals surface area contributed by atoms with E-state index in [4.69, 9.17) is 5.11 Å². The van der Waals surface area contributed by atoms with Crippen LogP contribution in [0, 0.1) is 5.92 Å². The van der Waals surface area contributed by atoms with Crippen LogP contribution in [-0.4, -0.2) is 21.3 Å². The van der Waals surface area contributed by atoms with Crippen molar-refractivity contribution >= 4 is 5.97 Å². The van der Waals surface area contributed by atoms with Gasteiger partial charge in [-0.1, -0.05) is 13.8 Å². The lowest BCUT2D eigenvalue weighted by atomic mass is 10.1. The first kappa shape index (κ1) is 9.77. The Kier molecular flexibility index (Phi) is 3.06. The number of carbonyl (C=O) groups is 1. The first-order valence-electron chi connectivity index (χ1n) is 4.33. The van der Waals surface area contributed by atoms with Crippen LogP contribution in [0.4, 0.5) is 0 Å². The number of hydrogen-bond donors (Lipinski definition) is 2. The molecule has 4 nitrogen and oxygen atoms in total. The molecule has 0 aliphatic rings. The first-order chi connectivity index (χ1) is 6.08. The van der Waals surface area contributed by atoms with Gasteiger partial charge in [-0.25, -0.2) is 0 Å². The molecule has 0 saturated heterocycles. The van der Waals surface area contributed by atoms with E-state index in [9.17, 15) is 4.79 Å². The fourth-order valence-electron chi connectivity index (χ4n) is 1.19. The Hall–Kier alpha value is -1.32. The van der Waals surface area contributed by atoms with Crippen LogP contribution in [0.5, 0.6) is 0 Å². The maximum Gasteiger partial charge on any atom is 0.309 e. The summed E-state index contributed by atoms with van der Waals surface area (Å²) in [4.78, 5) is 10.4. The molecule has 0 atom stereocenters. The van der Waals surface area contributed by atoms with E-state index >= 15 is 0 Å². The normalized spacial score (nSPS) is 10.7. The molecule has 0 spiro atoms. The number of nitrogens with one attached hydrogen (secondary N) is 1. The predicted octanol–water partition coefficient (Wildman–Crippen LogP) is 1.24. The van der Waals surface area contributed by atoms with Crippen molar-refractivity contribution in [1.29, 1.82) is 0 Å². The van der Waals surface area contributed by atoms with Gasteiger partial charge in [0.1, 0.15) is 0 Å². The van der Waals surface area contributed by atoms with E-state index in [0.717, 1.165) is 12.1 Å². The number of carboxylic acids is 1. The molecule has 72 valence electrons. The lowest BCUT2D eigenvalue weighted by molar-refractivity contribution is -0.136. The van der Waals surface area contributed by atoms with E-state index in [-0.39, 0.29) is 6.42 Å². The molecule has 1 aromatic heterocycles. The van der Waals surface area contributed by atoms with Crippen LogP contribution in [0.3, 0.4) is 0 Å². The fourth-order valence-corrected chi connectivity index (χ4v) is 1.19. The quantitative estimate of drug-likeness (QED) is 0.736. The van der Waals surface area contributed by atoms with Gasteiger partial charge in [-0.05, 0) is 18.4 Å². The minimum absolute atomic E-state index is 0.0189. The Morgan fingerprint density at radius 3 is 2.92 bits per heavy atom. The number of hydrogen-bond acceptors (Lipinski definition) is 2. The third kappa shape index (κ3) is 3.27. The van der Waals surface area contributed by atoms with Gasteiger partial charge in [-0.15, -0.1) is 0 Å². The summed E-state index contributed by atoms with van der Waals surface area (Å²) in [5.41, 5.74) is 1.61. The van der Waals surface area contributed by atoms with Crippen LogP contribution >= 0.6 is 0 Å². The smallest absolute Gasteiger partial charge is 0.309 e. The molecule has 0 radical (unpaired) electrons. The van der Waals surface area contributed by atoms with Crippen LogP contribution < -0.4 is 0 Å². The Morgan fingerprint density at radius 2 is 2.38 bits per heavy atom. The Morgan fingerprint density at radius 1 is 1.69 bits per heavy atom. The van der Waals surface area contributed by atoms with Crippen molar-refractivity contribution in [2.75, 3.05) is 0 Å². The predicted molar refractivity (Wildman–Crippen MR) is 48.5 cm³/mol. The van der Waals surface area contributed by atoms with Gasteiger partial charge in [-0.3, -0.25) is 9.89 Å². The van der Waals surface area contributed by atoms with Crippen LogP contribution in [0.2, 0.25) is 0 Å². The van der Waals surface area contributed by atoms with Crippen molar-refractivity contribution in [2.45, 2.75) is 26.7 Å². The summed E-state index contributed by atoms with van der Waals surface area (Å²) in [5.74, 6) is -0.291. The molecule has 1 rings (SSSR count). The summed E-state index contributed by atoms with van der Waals surface area (Å²) in [7, 11) is 0. The summed E-state index contributed by atoms with van der Waals surface area (Å²) in [6.07, 6.45) is 0.904. The minimum atomic E-state index is -0.834. The van der Waals surface area contributed by atoms with Gasteiger partial charge in [0.15, 0.2) is 0 Å². The zero-order valence-corrected chi connectivity index (χ0v) is 7.87. The van der Waals surface area contributed by atoms with Gasteiger partial charge < -0.3 is 5.11 Å².